The molecular formula is C18H24N2O4. The summed E-state index contributed by atoms with van der Waals surface area (Å²) in [6.45, 7) is 4.73. The first kappa shape index (κ1) is 18.0. The minimum Gasteiger partial charge on any atom is -0.481 e. The maximum atomic E-state index is 13.0. The number of amides is 2. The largest absolute Gasteiger partial charge is 0.481 e. The Kier molecular flexibility index (Phi) is 5.59. The van der Waals surface area contributed by atoms with Gasteiger partial charge in [0.2, 0.25) is 5.91 Å². The van der Waals surface area contributed by atoms with Gasteiger partial charge in [-0.1, -0.05) is 18.2 Å². The predicted molar refractivity (Wildman–Crippen MR) is 89.6 cm³/mol. The zero-order chi connectivity index (χ0) is 17.7. The first-order valence-electron chi connectivity index (χ1n) is 8.28. The van der Waals surface area contributed by atoms with Crippen molar-refractivity contribution >= 4 is 17.8 Å². The minimum absolute atomic E-state index is 0.0949. The van der Waals surface area contributed by atoms with Crippen LogP contribution >= 0.6 is 0 Å². The molecule has 1 unspecified atom stereocenters. The second-order valence-electron chi connectivity index (χ2n) is 6.23. The Morgan fingerprint density at radius 2 is 1.92 bits per heavy atom. The lowest BCUT2D eigenvalue weighted by Gasteiger charge is -2.38. The van der Waals surface area contributed by atoms with Crippen molar-refractivity contribution < 1.29 is 19.5 Å². The van der Waals surface area contributed by atoms with Crippen LogP contribution in [0.3, 0.4) is 0 Å². The summed E-state index contributed by atoms with van der Waals surface area (Å²) in [5.41, 5.74) is -0.353. The van der Waals surface area contributed by atoms with Crippen LogP contribution in [0.15, 0.2) is 30.3 Å². The van der Waals surface area contributed by atoms with E-state index in [0.717, 1.165) is 6.42 Å². The third kappa shape index (κ3) is 3.58. The third-order valence-electron chi connectivity index (χ3n) is 4.63. The van der Waals surface area contributed by atoms with Gasteiger partial charge in [-0.05, 0) is 38.8 Å². The van der Waals surface area contributed by atoms with Crippen molar-refractivity contribution in [1.29, 1.82) is 0 Å². The summed E-state index contributed by atoms with van der Waals surface area (Å²) in [7, 11) is 0. The van der Waals surface area contributed by atoms with Crippen LogP contribution in [-0.2, 0) is 9.59 Å². The second kappa shape index (κ2) is 7.47. The van der Waals surface area contributed by atoms with Gasteiger partial charge in [0.25, 0.3) is 5.91 Å². The highest BCUT2D eigenvalue weighted by atomic mass is 16.4. The molecule has 24 heavy (non-hydrogen) atoms. The van der Waals surface area contributed by atoms with Gasteiger partial charge in [-0.2, -0.15) is 0 Å². The summed E-state index contributed by atoms with van der Waals surface area (Å²) in [5, 5.41) is 8.86. The maximum absolute atomic E-state index is 13.0. The topological polar surface area (TPSA) is 77.9 Å². The molecule has 0 aliphatic carbocycles. The number of carbonyl (C=O) groups is 3. The number of carboxylic acid groups (broad SMARTS) is 1. The number of likely N-dealkylation sites (N-methyl/N-ethyl adjacent to an activating group) is 1. The van der Waals surface area contributed by atoms with Crippen molar-refractivity contribution in [2.24, 2.45) is 0 Å². The van der Waals surface area contributed by atoms with Crippen molar-refractivity contribution in [2.45, 2.75) is 38.6 Å². The number of carboxylic acids is 1. The normalized spacial score (nSPS) is 20.0. The van der Waals surface area contributed by atoms with Crippen LogP contribution in [0.5, 0.6) is 0 Å². The summed E-state index contributed by atoms with van der Waals surface area (Å²) in [5.74, 6) is -1.26. The molecule has 1 atom stereocenters. The molecule has 1 heterocycles. The zero-order valence-corrected chi connectivity index (χ0v) is 14.2. The van der Waals surface area contributed by atoms with E-state index in [0.29, 0.717) is 25.1 Å². The standard InChI is InChI=1S/C18H24N2O4/c1-3-19(13-10-15(21)22)17(24)18(2)11-7-12-20(18)16(23)14-8-5-4-6-9-14/h4-6,8-9H,3,7,10-13H2,1-2H3,(H,21,22). The molecule has 0 radical (unpaired) electrons. The summed E-state index contributed by atoms with van der Waals surface area (Å²) >= 11 is 0. The van der Waals surface area contributed by atoms with Crippen molar-refractivity contribution in [3.05, 3.63) is 35.9 Å². The van der Waals surface area contributed by atoms with E-state index in [-0.39, 0.29) is 24.8 Å². The highest BCUT2D eigenvalue weighted by molar-refractivity contribution is 5.99. The first-order valence-corrected chi connectivity index (χ1v) is 8.28. The SMILES string of the molecule is CCN(CCC(=O)O)C(=O)C1(C)CCCN1C(=O)c1ccccc1. The Bertz CT molecular complexity index is 617. The molecule has 1 aromatic rings. The zero-order valence-electron chi connectivity index (χ0n) is 14.2. The highest BCUT2D eigenvalue weighted by Gasteiger charge is 2.47. The summed E-state index contributed by atoms with van der Waals surface area (Å²) in [6.07, 6.45) is 1.26. The van der Waals surface area contributed by atoms with Crippen LogP contribution in [0.25, 0.3) is 0 Å². The molecule has 130 valence electrons. The van der Waals surface area contributed by atoms with E-state index in [1.54, 1.807) is 36.1 Å². The van der Waals surface area contributed by atoms with Crippen molar-refractivity contribution in [2.75, 3.05) is 19.6 Å². The lowest BCUT2D eigenvalue weighted by molar-refractivity contribution is -0.142. The smallest absolute Gasteiger partial charge is 0.305 e. The fourth-order valence-electron chi connectivity index (χ4n) is 3.22. The monoisotopic (exact) mass is 332 g/mol. The molecule has 2 amide bonds. The Balaban J connectivity index is 2.20. The molecule has 1 fully saturated rings. The van der Waals surface area contributed by atoms with E-state index in [2.05, 4.69) is 0 Å². The van der Waals surface area contributed by atoms with Gasteiger partial charge >= 0.3 is 5.97 Å². The lowest BCUT2D eigenvalue weighted by Crippen LogP contribution is -2.56. The lowest BCUT2D eigenvalue weighted by atomic mass is 9.95. The number of likely N-dealkylation sites (tertiary alicyclic amines) is 1. The van der Waals surface area contributed by atoms with Gasteiger partial charge < -0.3 is 14.9 Å². The molecule has 2 rings (SSSR count). The Morgan fingerprint density at radius 3 is 2.50 bits per heavy atom. The van der Waals surface area contributed by atoms with Crippen LogP contribution in [0.1, 0.15) is 43.5 Å². The van der Waals surface area contributed by atoms with E-state index >= 15 is 0 Å². The number of rotatable bonds is 6. The van der Waals surface area contributed by atoms with E-state index < -0.39 is 11.5 Å². The summed E-state index contributed by atoms with van der Waals surface area (Å²) in [4.78, 5) is 39.8. The molecule has 1 aliphatic heterocycles. The third-order valence-corrected chi connectivity index (χ3v) is 4.63. The van der Waals surface area contributed by atoms with Crippen LogP contribution in [0, 0.1) is 0 Å². The number of benzene rings is 1. The summed E-state index contributed by atoms with van der Waals surface area (Å²) in [6, 6.07) is 8.93. The highest BCUT2D eigenvalue weighted by Crippen LogP contribution is 2.32. The number of aliphatic carboxylic acids is 1. The van der Waals surface area contributed by atoms with Crippen LogP contribution < -0.4 is 0 Å². The predicted octanol–water partition coefficient (Wildman–Crippen LogP) is 2.00. The van der Waals surface area contributed by atoms with Gasteiger partial charge in [0.05, 0.1) is 6.42 Å². The summed E-state index contributed by atoms with van der Waals surface area (Å²) < 4.78 is 0. The Hall–Kier alpha value is -2.37. The molecule has 0 aromatic heterocycles. The molecule has 0 saturated carbocycles. The Labute approximate surface area is 142 Å². The molecule has 0 bridgehead atoms. The fourth-order valence-corrected chi connectivity index (χ4v) is 3.22. The molecule has 6 nitrogen and oxygen atoms in total. The van der Waals surface area contributed by atoms with Gasteiger partial charge in [0.1, 0.15) is 5.54 Å². The quantitative estimate of drug-likeness (QED) is 0.864. The van der Waals surface area contributed by atoms with E-state index in [4.69, 9.17) is 5.11 Å². The van der Waals surface area contributed by atoms with Crippen LogP contribution in [-0.4, -0.2) is 57.9 Å². The molecule has 1 aliphatic rings. The molecule has 6 heteroatoms. The number of hydrogen-bond donors (Lipinski definition) is 1. The van der Waals surface area contributed by atoms with Gasteiger partial charge in [0.15, 0.2) is 0 Å². The van der Waals surface area contributed by atoms with Gasteiger partial charge in [0, 0.05) is 25.2 Å². The maximum Gasteiger partial charge on any atom is 0.305 e. The number of nitrogens with zero attached hydrogens (tertiary/aromatic N) is 2. The van der Waals surface area contributed by atoms with E-state index in [9.17, 15) is 14.4 Å². The Morgan fingerprint density at radius 1 is 1.25 bits per heavy atom. The van der Waals surface area contributed by atoms with E-state index in [1.165, 1.54) is 4.90 Å². The molecule has 1 saturated heterocycles. The van der Waals surface area contributed by atoms with Crippen molar-refractivity contribution in [1.82, 2.24) is 9.80 Å². The van der Waals surface area contributed by atoms with Crippen molar-refractivity contribution in [3.63, 3.8) is 0 Å². The van der Waals surface area contributed by atoms with Crippen LogP contribution in [0.2, 0.25) is 0 Å². The number of hydrogen-bond acceptors (Lipinski definition) is 3. The van der Waals surface area contributed by atoms with Gasteiger partial charge in [-0.15, -0.1) is 0 Å². The van der Waals surface area contributed by atoms with E-state index in [1.807, 2.05) is 13.0 Å². The number of carbonyl (C=O) groups excluding carboxylic acids is 2. The molecule has 0 spiro atoms. The fraction of sp³-hybridized carbons (Fsp3) is 0.500. The average Bonchev–Trinajstić information content (AvgIpc) is 2.98. The molecular weight excluding hydrogens is 308 g/mol. The molecule has 1 aromatic carbocycles. The van der Waals surface area contributed by atoms with Gasteiger partial charge in [-0.25, -0.2) is 0 Å². The van der Waals surface area contributed by atoms with Crippen LogP contribution in [0.4, 0.5) is 0 Å². The molecule has 1 N–H and O–H groups in total. The van der Waals surface area contributed by atoms with Crippen molar-refractivity contribution in [3.8, 4) is 0 Å². The minimum atomic E-state index is -0.935. The second-order valence-corrected chi connectivity index (χ2v) is 6.23. The average molecular weight is 332 g/mol. The van der Waals surface area contributed by atoms with Gasteiger partial charge in [-0.3, -0.25) is 14.4 Å². The first-order chi connectivity index (χ1) is 11.4.